The first-order valence-electron chi connectivity index (χ1n) is 8.87. The fourth-order valence-electron chi connectivity index (χ4n) is 2.22. The van der Waals surface area contributed by atoms with E-state index in [1.807, 2.05) is 4.72 Å². The Labute approximate surface area is 177 Å². The molecule has 11 heteroatoms. The van der Waals surface area contributed by atoms with Crippen molar-refractivity contribution in [2.24, 2.45) is 0 Å². The van der Waals surface area contributed by atoms with Crippen LogP contribution in [0.1, 0.15) is 18.1 Å². The third kappa shape index (κ3) is 8.22. The number of hydrogen-bond acceptors (Lipinski definition) is 5. The smallest absolute Gasteiger partial charge is 0.416 e. The number of nitrogens with one attached hydrogen (secondary N) is 2. The zero-order valence-electron chi connectivity index (χ0n) is 16.2. The Bertz CT molecular complexity index is 1040. The average Bonchev–Trinajstić information content (AvgIpc) is 2.71. The van der Waals surface area contributed by atoms with E-state index in [1.165, 1.54) is 13.0 Å². The minimum Gasteiger partial charge on any atom is -0.452 e. The molecular formula is C20H19F3N2O5S. The lowest BCUT2D eigenvalue weighted by atomic mass is 10.2. The summed E-state index contributed by atoms with van der Waals surface area (Å²) in [4.78, 5) is 23.8. The molecule has 0 radical (unpaired) electrons. The molecule has 7 nitrogen and oxygen atoms in total. The highest BCUT2D eigenvalue weighted by atomic mass is 32.2. The molecule has 2 aromatic carbocycles. The second-order valence-corrected chi connectivity index (χ2v) is 7.93. The monoisotopic (exact) mass is 456 g/mol. The number of ether oxygens (including phenoxy) is 1. The van der Waals surface area contributed by atoms with Gasteiger partial charge in [-0.05, 0) is 42.8 Å². The summed E-state index contributed by atoms with van der Waals surface area (Å²) >= 11 is 0. The first-order valence-corrected chi connectivity index (χ1v) is 10.4. The molecule has 166 valence electrons. The fourth-order valence-corrected chi connectivity index (χ4v) is 2.97. The summed E-state index contributed by atoms with van der Waals surface area (Å²) in [6.07, 6.45) is -4.47. The number of carbonyl (C=O) groups is 2. The van der Waals surface area contributed by atoms with Gasteiger partial charge < -0.3 is 10.1 Å². The van der Waals surface area contributed by atoms with Crippen LogP contribution in [0.15, 0.2) is 60.0 Å². The van der Waals surface area contributed by atoms with Crippen LogP contribution in [-0.2, 0) is 30.5 Å². The minimum absolute atomic E-state index is 0.0765. The van der Waals surface area contributed by atoms with E-state index < -0.39 is 46.3 Å². The molecule has 1 unspecified atom stereocenters. The van der Waals surface area contributed by atoms with Gasteiger partial charge in [-0.25, -0.2) is 13.1 Å². The van der Waals surface area contributed by atoms with Crippen LogP contribution in [0.5, 0.6) is 0 Å². The number of anilines is 1. The molecule has 1 amide bonds. The van der Waals surface area contributed by atoms with Gasteiger partial charge in [0, 0.05) is 11.1 Å². The van der Waals surface area contributed by atoms with Crippen molar-refractivity contribution < 1.29 is 35.9 Å². The largest absolute Gasteiger partial charge is 0.452 e. The zero-order valence-corrected chi connectivity index (χ0v) is 17.0. The minimum atomic E-state index is -4.50. The second kappa shape index (κ2) is 10.2. The molecule has 0 aliphatic heterocycles. The Hall–Kier alpha value is -3.18. The highest BCUT2D eigenvalue weighted by Gasteiger charge is 2.30. The molecule has 0 saturated carbocycles. The molecule has 31 heavy (non-hydrogen) atoms. The summed E-state index contributed by atoms with van der Waals surface area (Å²) in [6.45, 7) is 0.528. The van der Waals surface area contributed by atoms with Crippen molar-refractivity contribution in [3.05, 3.63) is 71.1 Å². The summed E-state index contributed by atoms with van der Waals surface area (Å²) < 4.78 is 68.3. The van der Waals surface area contributed by atoms with Crippen molar-refractivity contribution in [1.82, 2.24) is 4.72 Å². The maximum Gasteiger partial charge on any atom is 0.416 e. The van der Waals surface area contributed by atoms with Gasteiger partial charge in [0.2, 0.25) is 10.0 Å². The van der Waals surface area contributed by atoms with E-state index in [1.54, 1.807) is 30.3 Å². The Morgan fingerprint density at radius 3 is 2.26 bits per heavy atom. The van der Waals surface area contributed by atoms with E-state index in [2.05, 4.69) is 5.32 Å². The first kappa shape index (κ1) is 24.1. The molecule has 2 rings (SSSR count). The number of benzene rings is 2. The molecule has 0 heterocycles. The Morgan fingerprint density at radius 1 is 1.06 bits per heavy atom. The lowest BCUT2D eigenvalue weighted by molar-refractivity contribution is -0.151. The number of carbonyl (C=O) groups excluding carboxylic acids is 2. The van der Waals surface area contributed by atoms with Gasteiger partial charge in [-0.3, -0.25) is 9.59 Å². The summed E-state index contributed by atoms with van der Waals surface area (Å²) in [7, 11) is -3.92. The number of esters is 1. The number of alkyl halides is 3. The Kier molecular flexibility index (Phi) is 7.95. The van der Waals surface area contributed by atoms with Crippen LogP contribution in [0.25, 0.3) is 6.08 Å². The van der Waals surface area contributed by atoms with Gasteiger partial charge in [0.1, 0.15) is 6.54 Å². The summed E-state index contributed by atoms with van der Waals surface area (Å²) in [5.41, 5.74) is -0.157. The molecule has 0 fully saturated rings. The molecular weight excluding hydrogens is 437 g/mol. The van der Waals surface area contributed by atoms with Crippen molar-refractivity contribution in [2.45, 2.75) is 19.2 Å². The molecule has 0 bridgehead atoms. The fraction of sp³-hybridized carbons (Fsp3) is 0.200. The molecule has 0 aliphatic carbocycles. The summed E-state index contributed by atoms with van der Waals surface area (Å²) in [5.74, 6) is -1.80. The Morgan fingerprint density at radius 2 is 1.68 bits per heavy atom. The van der Waals surface area contributed by atoms with Crippen LogP contribution in [-0.4, -0.2) is 32.9 Å². The molecule has 0 aliphatic rings. The SMILES string of the molecule is CC(OC(=O)CNS(=O)(=O)C=Cc1ccccc1)C(=O)Nc1ccc(C(F)(F)F)cc1. The number of amides is 1. The van der Waals surface area contributed by atoms with E-state index in [9.17, 15) is 31.2 Å². The summed E-state index contributed by atoms with van der Waals surface area (Å²) in [5, 5.41) is 3.19. The van der Waals surface area contributed by atoms with Crippen LogP contribution < -0.4 is 10.0 Å². The predicted octanol–water partition coefficient (Wildman–Crippen LogP) is 3.17. The predicted molar refractivity (Wildman–Crippen MR) is 108 cm³/mol. The van der Waals surface area contributed by atoms with Crippen LogP contribution in [0, 0.1) is 0 Å². The molecule has 1 atom stereocenters. The van der Waals surface area contributed by atoms with E-state index in [0.29, 0.717) is 5.56 Å². The van der Waals surface area contributed by atoms with Gasteiger partial charge in [0.05, 0.1) is 5.56 Å². The van der Waals surface area contributed by atoms with Crippen LogP contribution >= 0.6 is 0 Å². The van der Waals surface area contributed by atoms with Crippen molar-refractivity contribution in [2.75, 3.05) is 11.9 Å². The van der Waals surface area contributed by atoms with E-state index in [4.69, 9.17) is 4.74 Å². The van der Waals surface area contributed by atoms with Crippen molar-refractivity contribution in [1.29, 1.82) is 0 Å². The molecule has 0 saturated heterocycles. The normalized spacial score (nSPS) is 13.0. The van der Waals surface area contributed by atoms with Gasteiger partial charge in [-0.2, -0.15) is 13.2 Å². The third-order valence-electron chi connectivity index (χ3n) is 3.81. The van der Waals surface area contributed by atoms with Gasteiger partial charge in [-0.1, -0.05) is 30.3 Å². The van der Waals surface area contributed by atoms with Gasteiger partial charge in [-0.15, -0.1) is 0 Å². The molecule has 2 N–H and O–H groups in total. The van der Waals surface area contributed by atoms with E-state index >= 15 is 0 Å². The lowest BCUT2D eigenvalue weighted by Crippen LogP contribution is -2.35. The zero-order chi connectivity index (χ0) is 23.1. The number of hydrogen-bond donors (Lipinski definition) is 2. The molecule has 2 aromatic rings. The Balaban J connectivity index is 1.83. The van der Waals surface area contributed by atoms with Crippen molar-refractivity contribution in [3.63, 3.8) is 0 Å². The molecule has 0 spiro atoms. The van der Waals surface area contributed by atoms with E-state index in [0.717, 1.165) is 29.7 Å². The highest BCUT2D eigenvalue weighted by Crippen LogP contribution is 2.29. The van der Waals surface area contributed by atoms with Gasteiger partial charge in [0.15, 0.2) is 6.10 Å². The maximum absolute atomic E-state index is 12.5. The van der Waals surface area contributed by atoms with Crippen LogP contribution in [0.2, 0.25) is 0 Å². The number of rotatable bonds is 8. The standard InChI is InChI=1S/C20H19F3N2O5S/c1-14(19(27)25-17-9-7-16(8-10-17)20(21,22)23)30-18(26)13-24-31(28,29)12-11-15-5-3-2-4-6-15/h2-12,14,24H,13H2,1H3,(H,25,27). The quantitative estimate of drug-likeness (QED) is 0.595. The highest BCUT2D eigenvalue weighted by molar-refractivity contribution is 7.92. The third-order valence-corrected chi connectivity index (χ3v) is 4.86. The van der Waals surface area contributed by atoms with Gasteiger partial charge in [0.25, 0.3) is 5.91 Å². The number of sulfonamides is 1. The lowest BCUT2D eigenvalue weighted by Gasteiger charge is -2.14. The van der Waals surface area contributed by atoms with Crippen LogP contribution in [0.4, 0.5) is 18.9 Å². The van der Waals surface area contributed by atoms with Gasteiger partial charge >= 0.3 is 12.1 Å². The van der Waals surface area contributed by atoms with E-state index in [-0.39, 0.29) is 5.69 Å². The second-order valence-electron chi connectivity index (χ2n) is 6.28. The number of halogens is 3. The van der Waals surface area contributed by atoms with Crippen molar-refractivity contribution in [3.8, 4) is 0 Å². The average molecular weight is 456 g/mol. The maximum atomic E-state index is 12.5. The van der Waals surface area contributed by atoms with Crippen molar-refractivity contribution >= 4 is 33.7 Å². The summed E-state index contributed by atoms with van der Waals surface area (Å²) in [6, 6.07) is 12.3. The van der Waals surface area contributed by atoms with Crippen LogP contribution in [0.3, 0.4) is 0 Å². The molecule has 0 aromatic heterocycles. The first-order chi connectivity index (χ1) is 14.5. The topological polar surface area (TPSA) is 102 Å².